The third-order valence-electron chi connectivity index (χ3n) is 2.85. The summed E-state index contributed by atoms with van der Waals surface area (Å²) in [7, 11) is 0. The fourth-order valence-corrected chi connectivity index (χ4v) is 1.78. The van der Waals surface area contributed by atoms with Crippen molar-refractivity contribution in [1.29, 1.82) is 0 Å². The average Bonchev–Trinajstić information content (AvgIpc) is 2.92. The Hall–Kier alpha value is -2.21. The summed E-state index contributed by atoms with van der Waals surface area (Å²) in [6.45, 7) is 1.81. The maximum absolute atomic E-state index is 13.6. The highest BCUT2D eigenvalue weighted by Gasteiger charge is 2.11. The molecule has 1 amide bonds. The van der Waals surface area contributed by atoms with Crippen LogP contribution in [0.3, 0.4) is 0 Å². The van der Waals surface area contributed by atoms with Crippen LogP contribution in [0.25, 0.3) is 11.3 Å². The Morgan fingerprint density at radius 1 is 1.48 bits per heavy atom. The van der Waals surface area contributed by atoms with Gasteiger partial charge in [0.25, 0.3) is 0 Å². The van der Waals surface area contributed by atoms with Crippen molar-refractivity contribution in [2.45, 2.75) is 25.9 Å². The van der Waals surface area contributed by atoms with E-state index in [1.165, 1.54) is 12.3 Å². The molecule has 0 radical (unpaired) electrons. The SMILES string of the molecule is CC(O)CNC(=O)CCc1ncc(-c2ccccc2F)o1. The molecular weight excluding hydrogens is 275 g/mol. The normalized spacial score (nSPS) is 12.1. The van der Waals surface area contributed by atoms with Gasteiger partial charge in [-0.15, -0.1) is 0 Å². The number of hydrogen-bond donors (Lipinski definition) is 2. The predicted octanol–water partition coefficient (Wildman–Crippen LogP) is 1.91. The number of aryl methyl sites for hydroxylation is 1. The molecule has 0 aliphatic heterocycles. The van der Waals surface area contributed by atoms with Crippen LogP contribution in [0.4, 0.5) is 4.39 Å². The number of oxazole rings is 1. The molecule has 0 saturated heterocycles. The smallest absolute Gasteiger partial charge is 0.220 e. The number of hydrogen-bond acceptors (Lipinski definition) is 4. The number of aliphatic hydroxyl groups excluding tert-OH is 1. The molecule has 0 spiro atoms. The fraction of sp³-hybridized carbons (Fsp3) is 0.333. The molecule has 0 fully saturated rings. The van der Waals surface area contributed by atoms with Crippen molar-refractivity contribution in [2.75, 3.05) is 6.54 Å². The summed E-state index contributed by atoms with van der Waals surface area (Å²) < 4.78 is 19.0. The molecule has 2 N–H and O–H groups in total. The average molecular weight is 292 g/mol. The molecule has 1 aromatic carbocycles. The summed E-state index contributed by atoms with van der Waals surface area (Å²) in [4.78, 5) is 15.5. The summed E-state index contributed by atoms with van der Waals surface area (Å²) in [6, 6.07) is 6.27. The second-order valence-corrected chi connectivity index (χ2v) is 4.75. The summed E-state index contributed by atoms with van der Waals surface area (Å²) in [5.74, 6) is 0.143. The molecule has 0 saturated carbocycles. The van der Waals surface area contributed by atoms with E-state index in [0.717, 1.165) is 0 Å². The van der Waals surface area contributed by atoms with Gasteiger partial charge in [0.15, 0.2) is 11.7 Å². The molecule has 21 heavy (non-hydrogen) atoms. The van der Waals surface area contributed by atoms with E-state index in [2.05, 4.69) is 10.3 Å². The number of carbonyl (C=O) groups is 1. The molecule has 0 aliphatic carbocycles. The number of aliphatic hydroxyl groups is 1. The summed E-state index contributed by atoms with van der Waals surface area (Å²) in [5, 5.41) is 11.6. The molecule has 0 bridgehead atoms. The number of halogens is 1. The van der Waals surface area contributed by atoms with E-state index >= 15 is 0 Å². The third kappa shape index (κ3) is 4.39. The highest BCUT2D eigenvalue weighted by atomic mass is 19.1. The summed E-state index contributed by atoms with van der Waals surface area (Å²) in [6.07, 6.45) is 1.38. The molecule has 1 atom stereocenters. The molecule has 1 unspecified atom stereocenters. The van der Waals surface area contributed by atoms with Crippen LogP contribution < -0.4 is 5.32 Å². The molecule has 2 rings (SSSR count). The van der Waals surface area contributed by atoms with Gasteiger partial charge in [0.1, 0.15) is 5.82 Å². The quantitative estimate of drug-likeness (QED) is 0.853. The van der Waals surface area contributed by atoms with E-state index in [1.54, 1.807) is 25.1 Å². The maximum Gasteiger partial charge on any atom is 0.220 e. The van der Waals surface area contributed by atoms with Gasteiger partial charge >= 0.3 is 0 Å². The van der Waals surface area contributed by atoms with Crippen LogP contribution in [0.1, 0.15) is 19.2 Å². The van der Waals surface area contributed by atoms with Crippen LogP contribution in [0.2, 0.25) is 0 Å². The van der Waals surface area contributed by atoms with Crippen molar-refractivity contribution in [3.8, 4) is 11.3 Å². The lowest BCUT2D eigenvalue weighted by Crippen LogP contribution is -2.30. The van der Waals surface area contributed by atoms with Crippen LogP contribution >= 0.6 is 0 Å². The van der Waals surface area contributed by atoms with Gasteiger partial charge < -0.3 is 14.8 Å². The van der Waals surface area contributed by atoms with Gasteiger partial charge in [0.05, 0.1) is 17.9 Å². The zero-order valence-corrected chi connectivity index (χ0v) is 11.7. The Bertz CT molecular complexity index is 610. The van der Waals surface area contributed by atoms with Crippen molar-refractivity contribution in [2.24, 2.45) is 0 Å². The number of rotatable bonds is 6. The minimum Gasteiger partial charge on any atom is -0.441 e. The highest BCUT2D eigenvalue weighted by molar-refractivity contribution is 5.76. The lowest BCUT2D eigenvalue weighted by atomic mass is 10.2. The van der Waals surface area contributed by atoms with E-state index in [-0.39, 0.29) is 24.7 Å². The first-order valence-corrected chi connectivity index (χ1v) is 6.70. The zero-order chi connectivity index (χ0) is 15.2. The molecule has 0 aliphatic rings. The highest BCUT2D eigenvalue weighted by Crippen LogP contribution is 2.23. The third-order valence-corrected chi connectivity index (χ3v) is 2.85. The van der Waals surface area contributed by atoms with Crippen LogP contribution in [0, 0.1) is 5.82 Å². The van der Waals surface area contributed by atoms with E-state index < -0.39 is 6.10 Å². The molecule has 6 heteroatoms. The minimum atomic E-state index is -0.580. The van der Waals surface area contributed by atoms with E-state index in [1.807, 2.05) is 0 Å². The lowest BCUT2D eigenvalue weighted by Gasteiger charge is -2.05. The molecule has 2 aromatic rings. The molecule has 112 valence electrons. The lowest BCUT2D eigenvalue weighted by molar-refractivity contribution is -0.121. The maximum atomic E-state index is 13.6. The summed E-state index contributed by atoms with van der Waals surface area (Å²) in [5.41, 5.74) is 0.342. The van der Waals surface area contributed by atoms with Crippen molar-refractivity contribution < 1.29 is 18.7 Å². The van der Waals surface area contributed by atoms with E-state index in [9.17, 15) is 9.18 Å². The Morgan fingerprint density at radius 3 is 2.95 bits per heavy atom. The van der Waals surface area contributed by atoms with Gasteiger partial charge in [-0.3, -0.25) is 4.79 Å². The van der Waals surface area contributed by atoms with Crippen molar-refractivity contribution in [3.63, 3.8) is 0 Å². The van der Waals surface area contributed by atoms with Crippen molar-refractivity contribution >= 4 is 5.91 Å². The van der Waals surface area contributed by atoms with Gasteiger partial charge in [0, 0.05) is 19.4 Å². The monoisotopic (exact) mass is 292 g/mol. The topological polar surface area (TPSA) is 75.4 Å². The zero-order valence-electron chi connectivity index (χ0n) is 11.7. The first-order chi connectivity index (χ1) is 10.1. The predicted molar refractivity (Wildman–Crippen MR) is 74.9 cm³/mol. The number of amides is 1. The van der Waals surface area contributed by atoms with Gasteiger partial charge in [-0.2, -0.15) is 0 Å². The van der Waals surface area contributed by atoms with Gasteiger partial charge in [-0.05, 0) is 19.1 Å². The van der Waals surface area contributed by atoms with Gasteiger partial charge in [-0.25, -0.2) is 9.37 Å². The van der Waals surface area contributed by atoms with Crippen molar-refractivity contribution in [3.05, 3.63) is 42.2 Å². The van der Waals surface area contributed by atoms with Gasteiger partial charge in [0.2, 0.25) is 5.91 Å². The standard InChI is InChI=1S/C15H17FN2O3/c1-10(19)8-17-14(20)6-7-15-18-9-13(21-15)11-4-2-3-5-12(11)16/h2-5,9-10,19H,6-8H2,1H3,(H,17,20). The largest absolute Gasteiger partial charge is 0.441 e. The molecule has 1 aromatic heterocycles. The molecule has 5 nitrogen and oxygen atoms in total. The second-order valence-electron chi connectivity index (χ2n) is 4.75. The van der Waals surface area contributed by atoms with Crippen LogP contribution in [-0.4, -0.2) is 28.6 Å². The number of nitrogens with one attached hydrogen (secondary N) is 1. The number of aromatic nitrogens is 1. The first kappa shape index (κ1) is 15.2. The van der Waals surface area contributed by atoms with Crippen molar-refractivity contribution in [1.82, 2.24) is 10.3 Å². The number of benzene rings is 1. The Labute approximate surface area is 121 Å². The molecular formula is C15H17FN2O3. The molecule has 1 heterocycles. The van der Waals surface area contributed by atoms with E-state index in [0.29, 0.717) is 23.6 Å². The second kappa shape index (κ2) is 6.99. The van der Waals surface area contributed by atoms with Crippen LogP contribution in [-0.2, 0) is 11.2 Å². The Kier molecular flexibility index (Phi) is 5.05. The summed E-state index contributed by atoms with van der Waals surface area (Å²) >= 11 is 0. The van der Waals surface area contributed by atoms with Gasteiger partial charge in [-0.1, -0.05) is 12.1 Å². The van der Waals surface area contributed by atoms with Crippen LogP contribution in [0.15, 0.2) is 34.9 Å². The Balaban J connectivity index is 1.92. The number of carbonyl (C=O) groups excluding carboxylic acids is 1. The fourth-order valence-electron chi connectivity index (χ4n) is 1.78. The minimum absolute atomic E-state index is 0.193. The van der Waals surface area contributed by atoms with E-state index in [4.69, 9.17) is 9.52 Å². The first-order valence-electron chi connectivity index (χ1n) is 6.70. The number of nitrogens with zero attached hydrogens (tertiary/aromatic N) is 1. The van der Waals surface area contributed by atoms with Crippen LogP contribution in [0.5, 0.6) is 0 Å². The Morgan fingerprint density at radius 2 is 2.24 bits per heavy atom.